The van der Waals surface area contributed by atoms with Gasteiger partial charge in [0.1, 0.15) is 11.6 Å². The number of ether oxygens (including phenoxy) is 1. The highest BCUT2D eigenvalue weighted by Gasteiger charge is 2.16. The predicted molar refractivity (Wildman–Crippen MR) is 118 cm³/mol. The van der Waals surface area contributed by atoms with Crippen LogP contribution in [-0.4, -0.2) is 21.4 Å². The molecule has 0 saturated carbocycles. The first-order chi connectivity index (χ1) is 14.9. The number of benzene rings is 3. The number of carbonyl (C=O) groups excluding carboxylic acids is 1. The minimum atomic E-state index is -3.81. The second-order valence-corrected chi connectivity index (χ2v) is 8.20. The van der Waals surface area contributed by atoms with Gasteiger partial charge in [-0.2, -0.15) is 0 Å². The largest absolute Gasteiger partial charge is 0.495 e. The van der Waals surface area contributed by atoms with Gasteiger partial charge in [0.25, 0.3) is 10.0 Å². The summed E-state index contributed by atoms with van der Waals surface area (Å²) in [5.41, 5.74) is 1.36. The van der Waals surface area contributed by atoms with Crippen molar-refractivity contribution < 1.29 is 22.3 Å². The third kappa shape index (κ3) is 5.93. The molecule has 2 N–H and O–H groups in total. The Morgan fingerprint density at radius 2 is 1.68 bits per heavy atom. The summed E-state index contributed by atoms with van der Waals surface area (Å²) in [6, 6.07) is 18.9. The molecule has 0 aromatic heterocycles. The second-order valence-electron chi connectivity index (χ2n) is 6.52. The maximum absolute atomic E-state index is 13.6. The van der Waals surface area contributed by atoms with Crippen LogP contribution in [0, 0.1) is 5.82 Å². The van der Waals surface area contributed by atoms with E-state index in [1.54, 1.807) is 60.7 Å². The lowest BCUT2D eigenvalue weighted by Crippen LogP contribution is -2.20. The zero-order chi connectivity index (χ0) is 22.3. The number of sulfonamides is 1. The third-order valence-corrected chi connectivity index (χ3v) is 5.76. The molecule has 3 aromatic carbocycles. The molecule has 0 aliphatic carbocycles. The number of para-hydroxylation sites is 2. The first-order valence-electron chi connectivity index (χ1n) is 9.34. The molecule has 0 bridgehead atoms. The van der Waals surface area contributed by atoms with Gasteiger partial charge in [-0.25, -0.2) is 12.8 Å². The van der Waals surface area contributed by atoms with Gasteiger partial charge < -0.3 is 10.1 Å². The minimum Gasteiger partial charge on any atom is -0.495 e. The zero-order valence-corrected chi connectivity index (χ0v) is 17.5. The number of rotatable bonds is 8. The molecule has 0 unspecified atom stereocenters. The van der Waals surface area contributed by atoms with Crippen LogP contribution >= 0.6 is 0 Å². The van der Waals surface area contributed by atoms with E-state index in [1.807, 2.05) is 0 Å². The van der Waals surface area contributed by atoms with Gasteiger partial charge in [-0.3, -0.25) is 9.52 Å². The van der Waals surface area contributed by atoms with Crippen LogP contribution in [0.1, 0.15) is 11.1 Å². The van der Waals surface area contributed by atoms with E-state index in [9.17, 15) is 17.6 Å². The van der Waals surface area contributed by atoms with Crippen LogP contribution < -0.4 is 14.8 Å². The monoisotopic (exact) mass is 440 g/mol. The first-order valence-corrected chi connectivity index (χ1v) is 10.8. The molecular weight excluding hydrogens is 419 g/mol. The fourth-order valence-corrected chi connectivity index (χ4v) is 3.82. The molecule has 6 nitrogen and oxygen atoms in total. The van der Waals surface area contributed by atoms with E-state index in [0.717, 1.165) is 0 Å². The van der Waals surface area contributed by atoms with Gasteiger partial charge in [0.2, 0.25) is 5.91 Å². The number of anilines is 1. The van der Waals surface area contributed by atoms with Gasteiger partial charge in [-0.1, -0.05) is 42.5 Å². The summed E-state index contributed by atoms with van der Waals surface area (Å²) in [6.07, 6.45) is 2.85. The summed E-state index contributed by atoms with van der Waals surface area (Å²) < 4.78 is 46.5. The second kappa shape index (κ2) is 9.90. The van der Waals surface area contributed by atoms with E-state index in [1.165, 1.54) is 31.4 Å². The highest BCUT2D eigenvalue weighted by Crippen LogP contribution is 2.26. The molecule has 0 radical (unpaired) electrons. The number of hydrogen-bond donors (Lipinski definition) is 2. The number of hydrogen-bond acceptors (Lipinski definition) is 4. The SMILES string of the molecule is COc1ccccc1NS(=O)(=O)c1ccc(/C=C/C(=O)NCc2ccccc2F)cc1. The maximum atomic E-state index is 13.6. The Labute approximate surface area is 180 Å². The summed E-state index contributed by atoms with van der Waals surface area (Å²) in [7, 11) is -2.35. The van der Waals surface area contributed by atoms with Crippen LogP contribution in [0.2, 0.25) is 0 Å². The molecule has 3 aromatic rings. The molecule has 3 rings (SSSR count). The average molecular weight is 440 g/mol. The van der Waals surface area contributed by atoms with Gasteiger partial charge in [0, 0.05) is 18.2 Å². The van der Waals surface area contributed by atoms with Crippen LogP contribution in [0.25, 0.3) is 6.08 Å². The highest BCUT2D eigenvalue weighted by molar-refractivity contribution is 7.92. The molecular formula is C23H21FN2O4S. The molecule has 0 atom stereocenters. The lowest BCUT2D eigenvalue weighted by molar-refractivity contribution is -0.116. The van der Waals surface area contributed by atoms with Crippen molar-refractivity contribution in [3.63, 3.8) is 0 Å². The molecule has 1 amide bonds. The van der Waals surface area contributed by atoms with E-state index in [0.29, 0.717) is 22.6 Å². The van der Waals surface area contributed by atoms with E-state index < -0.39 is 15.9 Å². The van der Waals surface area contributed by atoms with Crippen LogP contribution in [0.4, 0.5) is 10.1 Å². The number of halogens is 1. The van der Waals surface area contributed by atoms with Crippen molar-refractivity contribution in [3.05, 3.63) is 95.8 Å². The minimum absolute atomic E-state index is 0.0690. The normalized spacial score (nSPS) is 11.3. The van der Waals surface area contributed by atoms with E-state index in [2.05, 4.69) is 10.0 Å². The van der Waals surface area contributed by atoms with Gasteiger partial charge in [-0.15, -0.1) is 0 Å². The summed E-state index contributed by atoms with van der Waals surface area (Å²) in [4.78, 5) is 12.0. The molecule has 0 heterocycles. The van der Waals surface area contributed by atoms with Crippen molar-refractivity contribution >= 4 is 27.7 Å². The predicted octanol–water partition coefficient (Wildman–Crippen LogP) is 3.96. The summed E-state index contributed by atoms with van der Waals surface area (Å²) in [5, 5.41) is 2.60. The van der Waals surface area contributed by atoms with E-state index >= 15 is 0 Å². The number of carbonyl (C=O) groups is 1. The maximum Gasteiger partial charge on any atom is 0.262 e. The van der Waals surface area contributed by atoms with Crippen molar-refractivity contribution in [1.29, 1.82) is 0 Å². The fraction of sp³-hybridized carbons (Fsp3) is 0.0870. The molecule has 31 heavy (non-hydrogen) atoms. The summed E-state index contributed by atoms with van der Waals surface area (Å²) >= 11 is 0. The standard InChI is InChI=1S/C23H21FN2O4S/c1-30-22-9-5-4-8-21(22)26-31(28,29)19-13-10-17(11-14-19)12-15-23(27)25-16-18-6-2-3-7-20(18)24/h2-15,26H,16H2,1H3,(H,25,27)/b15-12+. The number of methoxy groups -OCH3 is 1. The fourth-order valence-electron chi connectivity index (χ4n) is 2.75. The molecule has 0 aliphatic heterocycles. The van der Waals surface area contributed by atoms with E-state index in [-0.39, 0.29) is 17.3 Å². The van der Waals surface area contributed by atoms with Crippen molar-refractivity contribution in [2.24, 2.45) is 0 Å². The quantitative estimate of drug-likeness (QED) is 0.519. The summed E-state index contributed by atoms with van der Waals surface area (Å²) in [6.45, 7) is 0.0711. The third-order valence-electron chi connectivity index (χ3n) is 4.38. The van der Waals surface area contributed by atoms with Gasteiger partial charge >= 0.3 is 0 Å². The van der Waals surface area contributed by atoms with Gasteiger partial charge in [0.05, 0.1) is 17.7 Å². The molecule has 0 aliphatic rings. The van der Waals surface area contributed by atoms with Crippen LogP contribution in [0.15, 0.2) is 83.8 Å². The zero-order valence-electron chi connectivity index (χ0n) is 16.7. The van der Waals surface area contributed by atoms with Crippen molar-refractivity contribution in [3.8, 4) is 5.75 Å². The average Bonchev–Trinajstić information content (AvgIpc) is 2.77. The smallest absolute Gasteiger partial charge is 0.262 e. The Bertz CT molecular complexity index is 1190. The van der Waals surface area contributed by atoms with Crippen molar-refractivity contribution in [1.82, 2.24) is 5.32 Å². The van der Waals surface area contributed by atoms with E-state index in [4.69, 9.17) is 4.74 Å². The van der Waals surface area contributed by atoms with Gasteiger partial charge in [0.15, 0.2) is 0 Å². The Hall–Kier alpha value is -3.65. The lowest BCUT2D eigenvalue weighted by atomic mass is 10.2. The lowest BCUT2D eigenvalue weighted by Gasteiger charge is -2.11. The number of nitrogens with one attached hydrogen (secondary N) is 2. The summed E-state index contributed by atoms with van der Waals surface area (Å²) in [5.74, 6) is -0.366. The molecule has 0 fully saturated rings. The molecule has 160 valence electrons. The topological polar surface area (TPSA) is 84.5 Å². The molecule has 8 heteroatoms. The Kier molecular flexibility index (Phi) is 7.04. The van der Waals surface area contributed by atoms with Crippen molar-refractivity contribution in [2.45, 2.75) is 11.4 Å². The Balaban J connectivity index is 1.62. The van der Waals surface area contributed by atoms with Crippen molar-refractivity contribution in [2.75, 3.05) is 11.8 Å². The first kappa shape index (κ1) is 22.0. The van der Waals surface area contributed by atoms with Crippen LogP contribution in [-0.2, 0) is 21.4 Å². The van der Waals surface area contributed by atoms with Crippen LogP contribution in [0.5, 0.6) is 5.75 Å². The van der Waals surface area contributed by atoms with Crippen LogP contribution in [0.3, 0.4) is 0 Å². The highest BCUT2D eigenvalue weighted by atomic mass is 32.2. The molecule has 0 saturated heterocycles. The van der Waals surface area contributed by atoms with Gasteiger partial charge in [-0.05, 0) is 42.0 Å². The Morgan fingerprint density at radius 1 is 1.00 bits per heavy atom. The molecule has 0 spiro atoms. The number of amides is 1. The Morgan fingerprint density at radius 3 is 2.39 bits per heavy atom.